The van der Waals surface area contributed by atoms with E-state index in [-0.39, 0.29) is 11.3 Å². The third kappa shape index (κ3) is 1.83. The van der Waals surface area contributed by atoms with Gasteiger partial charge in [-0.3, -0.25) is 4.72 Å². The smallest absolute Gasteiger partial charge is 0.235 e. The maximum Gasteiger partial charge on any atom is 0.235 e. The molecule has 0 aromatic carbocycles. The zero-order valence-corrected chi connectivity index (χ0v) is 8.63. The number of allylic oxidation sites excluding steroid dienone is 3. The van der Waals surface area contributed by atoms with Gasteiger partial charge >= 0.3 is 0 Å². The van der Waals surface area contributed by atoms with Gasteiger partial charge < -0.3 is 5.73 Å². The Labute approximate surface area is 83.9 Å². The highest BCUT2D eigenvalue weighted by molar-refractivity contribution is 7.90. The Morgan fingerprint density at radius 2 is 2.14 bits per heavy atom. The normalized spacial score (nSPS) is 31.1. The molecule has 1 fully saturated rings. The van der Waals surface area contributed by atoms with E-state index in [1.807, 2.05) is 12.2 Å². The van der Waals surface area contributed by atoms with E-state index in [2.05, 4.69) is 4.72 Å². The fourth-order valence-corrected chi connectivity index (χ4v) is 3.33. The van der Waals surface area contributed by atoms with E-state index >= 15 is 0 Å². The molecular weight excluding hydrogens is 200 g/mol. The summed E-state index contributed by atoms with van der Waals surface area (Å²) in [5.74, 6) is 0. The number of nitrogens with one attached hydrogen (secondary N) is 1. The maximum atomic E-state index is 11.7. The molecule has 1 saturated carbocycles. The maximum absolute atomic E-state index is 11.7. The van der Waals surface area contributed by atoms with Gasteiger partial charge in [0.25, 0.3) is 0 Å². The average molecular weight is 214 g/mol. The van der Waals surface area contributed by atoms with Crippen LogP contribution in [-0.2, 0) is 10.0 Å². The van der Waals surface area contributed by atoms with Crippen molar-refractivity contribution in [3.8, 4) is 0 Å². The standard InChI is InChI=1S/C9H14N2O2S/c10-7-5-9(6-7)14(12,13)11-8-3-1-2-4-8/h1-3,7,9,11H,4-6,10H2. The Hall–Kier alpha value is -0.810. The van der Waals surface area contributed by atoms with Crippen molar-refractivity contribution in [2.45, 2.75) is 30.6 Å². The van der Waals surface area contributed by atoms with Gasteiger partial charge in [-0.2, -0.15) is 0 Å². The Kier molecular flexibility index (Phi) is 2.36. The molecule has 2 aliphatic carbocycles. The topological polar surface area (TPSA) is 72.2 Å². The summed E-state index contributed by atoms with van der Waals surface area (Å²) in [7, 11) is -3.18. The van der Waals surface area contributed by atoms with Gasteiger partial charge in [-0.05, 0) is 18.9 Å². The van der Waals surface area contributed by atoms with Crippen LogP contribution in [0.4, 0.5) is 0 Å². The summed E-state index contributed by atoms with van der Waals surface area (Å²) < 4.78 is 26.0. The minimum atomic E-state index is -3.18. The van der Waals surface area contributed by atoms with Gasteiger partial charge in [-0.1, -0.05) is 12.2 Å². The predicted octanol–water partition coefficient (Wildman–Crippen LogP) is 0.239. The molecule has 0 bridgehead atoms. The zero-order valence-electron chi connectivity index (χ0n) is 7.81. The summed E-state index contributed by atoms with van der Waals surface area (Å²) in [6.07, 6.45) is 7.40. The molecule has 0 aromatic rings. The van der Waals surface area contributed by atoms with Crippen LogP contribution in [0.2, 0.25) is 0 Å². The van der Waals surface area contributed by atoms with Crippen LogP contribution >= 0.6 is 0 Å². The number of hydrogen-bond acceptors (Lipinski definition) is 3. The molecule has 0 spiro atoms. The summed E-state index contributed by atoms with van der Waals surface area (Å²) in [5.41, 5.74) is 6.31. The van der Waals surface area contributed by atoms with E-state index < -0.39 is 10.0 Å². The second-order valence-corrected chi connectivity index (χ2v) is 5.79. The van der Waals surface area contributed by atoms with E-state index in [0.29, 0.717) is 19.3 Å². The Morgan fingerprint density at radius 3 is 2.64 bits per heavy atom. The van der Waals surface area contributed by atoms with Crippen molar-refractivity contribution in [2.24, 2.45) is 5.73 Å². The largest absolute Gasteiger partial charge is 0.328 e. The van der Waals surface area contributed by atoms with Crippen molar-refractivity contribution < 1.29 is 8.42 Å². The van der Waals surface area contributed by atoms with Crippen LogP contribution in [0.15, 0.2) is 23.9 Å². The highest BCUT2D eigenvalue weighted by Crippen LogP contribution is 2.25. The first-order valence-corrected chi connectivity index (χ1v) is 6.25. The van der Waals surface area contributed by atoms with Crippen LogP contribution in [0.3, 0.4) is 0 Å². The van der Waals surface area contributed by atoms with Crippen molar-refractivity contribution in [2.75, 3.05) is 0 Å². The number of nitrogens with two attached hydrogens (primary N) is 1. The molecule has 4 nitrogen and oxygen atoms in total. The van der Waals surface area contributed by atoms with Gasteiger partial charge in [-0.15, -0.1) is 0 Å². The second-order valence-electron chi connectivity index (χ2n) is 3.82. The van der Waals surface area contributed by atoms with Crippen molar-refractivity contribution in [3.05, 3.63) is 23.9 Å². The van der Waals surface area contributed by atoms with Gasteiger partial charge in [0.2, 0.25) is 10.0 Å². The molecule has 0 unspecified atom stereocenters. The third-order valence-electron chi connectivity index (χ3n) is 2.61. The monoisotopic (exact) mass is 214 g/mol. The first kappa shape index (κ1) is 9.73. The highest BCUT2D eigenvalue weighted by Gasteiger charge is 2.36. The van der Waals surface area contributed by atoms with Gasteiger partial charge in [-0.25, -0.2) is 8.42 Å². The first-order valence-electron chi connectivity index (χ1n) is 4.71. The lowest BCUT2D eigenvalue weighted by molar-refractivity contribution is 0.406. The third-order valence-corrected chi connectivity index (χ3v) is 4.42. The molecule has 0 saturated heterocycles. The minimum absolute atomic E-state index is 0.0623. The molecule has 2 rings (SSSR count). The molecule has 14 heavy (non-hydrogen) atoms. The Bertz CT molecular complexity index is 378. The molecule has 0 heterocycles. The lowest BCUT2D eigenvalue weighted by Crippen LogP contribution is -2.48. The van der Waals surface area contributed by atoms with Crippen LogP contribution < -0.4 is 10.5 Å². The molecule has 2 aliphatic rings. The van der Waals surface area contributed by atoms with Crippen LogP contribution in [0.1, 0.15) is 19.3 Å². The Morgan fingerprint density at radius 1 is 1.43 bits per heavy atom. The van der Waals surface area contributed by atoms with Gasteiger partial charge in [0.15, 0.2) is 0 Å². The summed E-state index contributed by atoms with van der Waals surface area (Å²) in [4.78, 5) is 0. The molecule has 78 valence electrons. The predicted molar refractivity (Wildman–Crippen MR) is 54.9 cm³/mol. The molecule has 5 heteroatoms. The molecule has 0 amide bonds. The number of rotatable bonds is 3. The van der Waals surface area contributed by atoms with Crippen molar-refractivity contribution >= 4 is 10.0 Å². The summed E-state index contributed by atoms with van der Waals surface area (Å²) in [6, 6.07) is 0.0623. The van der Waals surface area contributed by atoms with Crippen molar-refractivity contribution in [1.29, 1.82) is 0 Å². The van der Waals surface area contributed by atoms with Gasteiger partial charge in [0.05, 0.1) is 5.25 Å². The van der Waals surface area contributed by atoms with E-state index in [9.17, 15) is 8.42 Å². The van der Waals surface area contributed by atoms with E-state index in [4.69, 9.17) is 5.73 Å². The summed E-state index contributed by atoms with van der Waals surface area (Å²) in [6.45, 7) is 0. The molecule has 0 atom stereocenters. The number of sulfonamides is 1. The average Bonchev–Trinajstić information content (AvgIpc) is 2.50. The van der Waals surface area contributed by atoms with E-state index in [1.165, 1.54) is 0 Å². The summed E-state index contributed by atoms with van der Waals surface area (Å²) in [5, 5.41) is -0.293. The quantitative estimate of drug-likeness (QED) is 0.707. The molecule has 0 aliphatic heterocycles. The van der Waals surface area contributed by atoms with Crippen molar-refractivity contribution in [3.63, 3.8) is 0 Å². The molecular formula is C9H14N2O2S. The second kappa shape index (κ2) is 3.40. The highest BCUT2D eigenvalue weighted by atomic mass is 32.2. The van der Waals surface area contributed by atoms with Crippen LogP contribution in [0, 0.1) is 0 Å². The van der Waals surface area contributed by atoms with E-state index in [1.54, 1.807) is 6.08 Å². The first-order chi connectivity index (χ1) is 6.58. The minimum Gasteiger partial charge on any atom is -0.328 e. The fraction of sp³-hybridized carbons (Fsp3) is 0.556. The Balaban J connectivity index is 1.96. The lowest BCUT2D eigenvalue weighted by atomic mass is 9.94. The SMILES string of the molecule is NC1CC(S(=O)(=O)NC2=CC=CC2)C1. The lowest BCUT2D eigenvalue weighted by Gasteiger charge is -2.32. The fourth-order valence-electron chi connectivity index (χ4n) is 1.65. The molecule has 0 aromatic heterocycles. The van der Waals surface area contributed by atoms with Crippen LogP contribution in [-0.4, -0.2) is 19.7 Å². The molecule has 0 radical (unpaired) electrons. The van der Waals surface area contributed by atoms with Gasteiger partial charge in [0.1, 0.15) is 0 Å². The van der Waals surface area contributed by atoms with Crippen LogP contribution in [0.5, 0.6) is 0 Å². The van der Waals surface area contributed by atoms with E-state index in [0.717, 1.165) is 5.70 Å². The van der Waals surface area contributed by atoms with Crippen LogP contribution in [0.25, 0.3) is 0 Å². The zero-order chi connectivity index (χ0) is 10.2. The summed E-state index contributed by atoms with van der Waals surface area (Å²) >= 11 is 0. The van der Waals surface area contributed by atoms with Gasteiger partial charge in [0, 0.05) is 18.2 Å². The molecule has 3 N–H and O–H groups in total. The van der Waals surface area contributed by atoms with Crippen molar-refractivity contribution in [1.82, 2.24) is 4.72 Å². The number of hydrogen-bond donors (Lipinski definition) is 2.